The number of aliphatic carboxylic acids is 1. The van der Waals surface area contributed by atoms with E-state index in [2.05, 4.69) is 0 Å². The van der Waals surface area contributed by atoms with Crippen molar-refractivity contribution in [2.75, 3.05) is 0 Å². The maximum Gasteiger partial charge on any atom is 0.328 e. The van der Waals surface area contributed by atoms with E-state index in [0.717, 1.165) is 0 Å². The first-order chi connectivity index (χ1) is 7.10. The molecule has 2 rings (SSSR count). The molecule has 0 saturated heterocycles. The predicted molar refractivity (Wildman–Crippen MR) is 37.6 cm³/mol. The number of hydrogen-bond donors (Lipinski definition) is 1. The van der Waals surface area contributed by atoms with E-state index in [0.29, 0.717) is 0 Å². The molecule has 2 nitrogen and oxygen atoms in total. The summed E-state index contributed by atoms with van der Waals surface area (Å²) >= 11 is 0. The van der Waals surface area contributed by atoms with Crippen LogP contribution in [0.2, 0.25) is 0 Å². The lowest BCUT2D eigenvalue weighted by molar-refractivity contribution is -0.169. The number of carbonyl (C=O) groups is 1. The molecule has 2 bridgehead atoms. The summed E-state index contributed by atoms with van der Waals surface area (Å²) in [6.45, 7) is 0. The lowest BCUT2D eigenvalue weighted by atomic mass is 9.89. The molecule has 0 amide bonds. The van der Waals surface area contributed by atoms with Gasteiger partial charge in [-0.3, -0.25) is 4.79 Å². The minimum Gasteiger partial charge on any atom is -0.481 e. The zero-order chi connectivity index (χ0) is 12.5. The van der Waals surface area contributed by atoms with Gasteiger partial charge in [-0.15, -0.1) is 0 Å². The van der Waals surface area contributed by atoms with Crippen molar-refractivity contribution in [1.82, 2.24) is 0 Å². The van der Waals surface area contributed by atoms with Crippen molar-refractivity contribution in [2.45, 2.75) is 23.7 Å². The van der Waals surface area contributed by atoms with Crippen molar-refractivity contribution in [1.29, 1.82) is 0 Å². The van der Waals surface area contributed by atoms with Gasteiger partial charge in [-0.05, 0) is 0 Å². The molecule has 2 aliphatic rings. The minimum atomic E-state index is -5.04. The summed E-state index contributed by atoms with van der Waals surface area (Å²) in [5, 5.41) is 8.40. The third-order valence-electron chi connectivity index (χ3n) is 3.08. The molecule has 0 radical (unpaired) electrons. The second-order valence-corrected chi connectivity index (χ2v) is 3.81. The fourth-order valence-electron chi connectivity index (χ4n) is 2.17. The van der Waals surface area contributed by atoms with Crippen LogP contribution in [0.4, 0.5) is 26.3 Å². The Balaban J connectivity index is 2.69. The number of carboxylic acid groups (broad SMARTS) is 1. The van der Waals surface area contributed by atoms with Crippen LogP contribution in [0, 0.1) is 5.92 Å². The third kappa shape index (κ3) is 0.778. The van der Waals surface area contributed by atoms with Gasteiger partial charge in [-0.2, -0.15) is 8.78 Å². The van der Waals surface area contributed by atoms with E-state index in [1.807, 2.05) is 0 Å². The Hall–Kier alpha value is -1.21. The van der Waals surface area contributed by atoms with Gasteiger partial charge in [0.25, 0.3) is 0 Å². The number of carboxylic acids is 1. The van der Waals surface area contributed by atoms with Crippen LogP contribution >= 0.6 is 0 Å². The number of fused-ring (bicyclic) bond motifs is 2. The SMILES string of the molecule is O=C(O)C1CC2(F)C(F)=C(F)C1(F)C2(F)F. The summed E-state index contributed by atoms with van der Waals surface area (Å²) in [6.07, 6.45) is -1.62. The molecule has 1 fully saturated rings. The largest absolute Gasteiger partial charge is 0.481 e. The minimum absolute atomic E-state index is 1.62. The summed E-state index contributed by atoms with van der Waals surface area (Å²) in [6, 6.07) is 0. The van der Waals surface area contributed by atoms with E-state index in [9.17, 15) is 31.1 Å². The van der Waals surface area contributed by atoms with Crippen molar-refractivity contribution >= 4 is 5.97 Å². The Morgan fingerprint density at radius 3 is 2.00 bits per heavy atom. The van der Waals surface area contributed by atoms with Crippen molar-refractivity contribution < 1.29 is 36.2 Å². The van der Waals surface area contributed by atoms with Gasteiger partial charge in [0.1, 0.15) is 5.92 Å². The van der Waals surface area contributed by atoms with Crippen molar-refractivity contribution in [3.8, 4) is 0 Å². The van der Waals surface area contributed by atoms with Gasteiger partial charge in [0.15, 0.2) is 11.7 Å². The van der Waals surface area contributed by atoms with Gasteiger partial charge in [0.2, 0.25) is 11.3 Å². The van der Waals surface area contributed by atoms with E-state index >= 15 is 0 Å². The normalized spacial score (nSPS) is 45.2. The van der Waals surface area contributed by atoms with Crippen LogP contribution in [0.25, 0.3) is 0 Å². The molecule has 0 aromatic heterocycles. The topological polar surface area (TPSA) is 37.3 Å². The van der Waals surface area contributed by atoms with Crippen LogP contribution in [0.3, 0.4) is 0 Å². The molecule has 90 valence electrons. The second-order valence-electron chi connectivity index (χ2n) is 3.81. The molecule has 3 atom stereocenters. The first-order valence-corrected chi connectivity index (χ1v) is 4.15. The number of alkyl halides is 4. The quantitative estimate of drug-likeness (QED) is 0.721. The molecule has 1 N–H and O–H groups in total. The molecule has 0 aliphatic heterocycles. The Labute approximate surface area is 84.5 Å². The second kappa shape index (κ2) is 2.54. The summed E-state index contributed by atoms with van der Waals surface area (Å²) in [7, 11) is 0. The molecule has 0 aromatic rings. The lowest BCUT2D eigenvalue weighted by Gasteiger charge is -2.25. The summed E-state index contributed by atoms with van der Waals surface area (Å²) < 4.78 is 79.0. The zero-order valence-corrected chi connectivity index (χ0v) is 7.41. The Kier molecular flexibility index (Phi) is 1.79. The third-order valence-corrected chi connectivity index (χ3v) is 3.08. The zero-order valence-electron chi connectivity index (χ0n) is 7.41. The smallest absolute Gasteiger partial charge is 0.328 e. The number of rotatable bonds is 1. The van der Waals surface area contributed by atoms with Gasteiger partial charge >= 0.3 is 11.9 Å². The van der Waals surface area contributed by atoms with Gasteiger partial charge < -0.3 is 5.11 Å². The van der Waals surface area contributed by atoms with Crippen molar-refractivity contribution in [3.05, 3.63) is 11.7 Å². The number of hydrogen-bond acceptors (Lipinski definition) is 1. The molecule has 0 spiro atoms. The van der Waals surface area contributed by atoms with Crippen LogP contribution in [0.5, 0.6) is 0 Å². The van der Waals surface area contributed by atoms with Crippen LogP contribution in [0.15, 0.2) is 11.7 Å². The molecule has 16 heavy (non-hydrogen) atoms. The Bertz CT molecular complexity index is 419. The van der Waals surface area contributed by atoms with Crippen LogP contribution in [-0.2, 0) is 4.79 Å². The molecular formula is C8H4F6O2. The van der Waals surface area contributed by atoms with Gasteiger partial charge in [-0.25, -0.2) is 17.6 Å². The molecule has 8 heteroatoms. The fourth-order valence-corrected chi connectivity index (χ4v) is 2.17. The maximum atomic E-state index is 13.6. The van der Waals surface area contributed by atoms with Crippen molar-refractivity contribution in [3.63, 3.8) is 0 Å². The molecule has 0 heterocycles. The standard InChI is InChI=1S/C8H4F6O2/c9-3-4(10)7(12)2(5(15)16)1-6(3,11)8(7,13)14/h2H,1H2,(H,15,16). The van der Waals surface area contributed by atoms with Gasteiger partial charge in [0, 0.05) is 6.42 Å². The van der Waals surface area contributed by atoms with Gasteiger partial charge in [0.05, 0.1) is 0 Å². The highest BCUT2D eigenvalue weighted by Crippen LogP contribution is 2.69. The maximum absolute atomic E-state index is 13.6. The average molecular weight is 246 g/mol. The number of halogens is 6. The highest BCUT2D eigenvalue weighted by Gasteiger charge is 2.88. The van der Waals surface area contributed by atoms with E-state index in [1.54, 1.807) is 0 Å². The monoisotopic (exact) mass is 246 g/mol. The molecule has 3 unspecified atom stereocenters. The van der Waals surface area contributed by atoms with E-state index in [4.69, 9.17) is 5.11 Å². The van der Waals surface area contributed by atoms with E-state index in [-0.39, 0.29) is 0 Å². The average Bonchev–Trinajstić information content (AvgIpc) is 2.39. The Morgan fingerprint density at radius 1 is 1.19 bits per heavy atom. The van der Waals surface area contributed by atoms with Crippen LogP contribution in [-0.4, -0.2) is 28.3 Å². The predicted octanol–water partition coefficient (Wildman–Crippen LogP) is 2.31. The molecule has 0 aromatic carbocycles. The lowest BCUT2D eigenvalue weighted by Crippen LogP contribution is -2.48. The summed E-state index contributed by atoms with van der Waals surface area (Å²) in [4.78, 5) is 10.4. The first kappa shape index (κ1) is 11.3. The number of allylic oxidation sites excluding steroid dienone is 2. The highest BCUT2D eigenvalue weighted by atomic mass is 19.3. The summed E-state index contributed by atoms with van der Waals surface area (Å²) in [5.74, 6) is -15.0. The Morgan fingerprint density at radius 2 is 1.69 bits per heavy atom. The van der Waals surface area contributed by atoms with E-state index < -0.39 is 47.2 Å². The van der Waals surface area contributed by atoms with Crippen molar-refractivity contribution in [2.24, 2.45) is 5.92 Å². The molecular weight excluding hydrogens is 242 g/mol. The van der Waals surface area contributed by atoms with Crippen LogP contribution in [0.1, 0.15) is 6.42 Å². The van der Waals surface area contributed by atoms with Gasteiger partial charge in [-0.1, -0.05) is 0 Å². The summed E-state index contributed by atoms with van der Waals surface area (Å²) in [5.41, 5.74) is -8.63. The molecule has 2 aliphatic carbocycles. The fraction of sp³-hybridized carbons (Fsp3) is 0.625. The van der Waals surface area contributed by atoms with Crippen LogP contribution < -0.4 is 0 Å². The highest BCUT2D eigenvalue weighted by molar-refractivity contribution is 5.76. The van der Waals surface area contributed by atoms with E-state index in [1.165, 1.54) is 0 Å². The first-order valence-electron chi connectivity index (χ1n) is 4.15. The molecule has 1 saturated carbocycles.